The van der Waals surface area contributed by atoms with Crippen LogP contribution in [0.4, 0.5) is 4.79 Å². The fraction of sp³-hybridized carbons (Fsp3) is 0.938. The molecule has 4 nitrogen and oxygen atoms in total. The topological polar surface area (TPSA) is 64.3 Å². The Kier molecular flexibility index (Phi) is 3.27. The van der Waals surface area contributed by atoms with E-state index in [2.05, 4.69) is 5.32 Å². The van der Waals surface area contributed by atoms with E-state index in [1.807, 2.05) is 20.8 Å². The van der Waals surface area contributed by atoms with Crippen LogP contribution in [0.25, 0.3) is 0 Å². The lowest BCUT2D eigenvalue weighted by Crippen LogP contribution is -2.69. The zero-order valence-corrected chi connectivity index (χ0v) is 12.9. The van der Waals surface area contributed by atoms with Gasteiger partial charge in [0.05, 0.1) is 5.54 Å². The molecule has 1 amide bonds. The highest BCUT2D eigenvalue weighted by atomic mass is 16.6. The number of nitrogens with two attached hydrogens (primary N) is 1. The van der Waals surface area contributed by atoms with Gasteiger partial charge in [0.1, 0.15) is 5.60 Å². The molecule has 0 aromatic rings. The van der Waals surface area contributed by atoms with Crippen LogP contribution < -0.4 is 11.1 Å². The van der Waals surface area contributed by atoms with E-state index < -0.39 is 5.60 Å². The zero-order valence-electron chi connectivity index (χ0n) is 12.9. The predicted octanol–water partition coefficient (Wildman–Crippen LogP) is 2.66. The van der Waals surface area contributed by atoms with Gasteiger partial charge >= 0.3 is 6.09 Å². The van der Waals surface area contributed by atoms with E-state index >= 15 is 0 Å². The second-order valence-corrected chi connectivity index (χ2v) is 8.18. The fourth-order valence-electron chi connectivity index (χ4n) is 5.11. The number of hydrogen-bond donors (Lipinski definition) is 2. The Morgan fingerprint density at radius 1 is 1.15 bits per heavy atom. The predicted molar refractivity (Wildman–Crippen MR) is 78.2 cm³/mol. The van der Waals surface area contributed by atoms with Crippen LogP contribution in [0, 0.1) is 23.7 Å². The Morgan fingerprint density at radius 3 is 2.05 bits per heavy atom. The molecule has 0 radical (unpaired) electrons. The maximum Gasteiger partial charge on any atom is 0.408 e. The van der Waals surface area contributed by atoms with Gasteiger partial charge in [0.15, 0.2) is 0 Å². The van der Waals surface area contributed by atoms with Crippen molar-refractivity contribution in [3.8, 4) is 0 Å². The van der Waals surface area contributed by atoms with Crippen LogP contribution in [0.3, 0.4) is 0 Å². The quantitative estimate of drug-likeness (QED) is 0.817. The maximum atomic E-state index is 12.2. The van der Waals surface area contributed by atoms with E-state index in [1.54, 1.807) is 0 Å². The van der Waals surface area contributed by atoms with Crippen LogP contribution in [0.2, 0.25) is 0 Å². The number of carbonyl (C=O) groups is 1. The van der Waals surface area contributed by atoms with Crippen LogP contribution in [-0.2, 0) is 4.74 Å². The van der Waals surface area contributed by atoms with Gasteiger partial charge in [-0.25, -0.2) is 4.79 Å². The second kappa shape index (κ2) is 4.62. The van der Waals surface area contributed by atoms with Crippen molar-refractivity contribution in [2.45, 2.75) is 64.0 Å². The molecule has 20 heavy (non-hydrogen) atoms. The molecule has 0 aromatic heterocycles. The summed E-state index contributed by atoms with van der Waals surface area (Å²) in [5.74, 6) is 2.85. The molecule has 0 saturated heterocycles. The average molecular weight is 280 g/mol. The van der Waals surface area contributed by atoms with Gasteiger partial charge < -0.3 is 15.8 Å². The molecule has 4 fully saturated rings. The largest absolute Gasteiger partial charge is 0.444 e. The summed E-state index contributed by atoms with van der Waals surface area (Å²) in [5.41, 5.74) is 5.47. The van der Waals surface area contributed by atoms with Gasteiger partial charge in [0.2, 0.25) is 0 Å². The fourth-order valence-corrected chi connectivity index (χ4v) is 5.11. The van der Waals surface area contributed by atoms with Gasteiger partial charge in [-0.05, 0) is 76.5 Å². The van der Waals surface area contributed by atoms with E-state index in [0.29, 0.717) is 18.4 Å². The molecule has 4 bridgehead atoms. The van der Waals surface area contributed by atoms with Crippen molar-refractivity contribution in [2.24, 2.45) is 29.4 Å². The van der Waals surface area contributed by atoms with Crippen LogP contribution in [0.1, 0.15) is 52.9 Å². The molecule has 3 N–H and O–H groups in total. The summed E-state index contributed by atoms with van der Waals surface area (Å²) in [6, 6.07) is 0. The molecule has 4 aliphatic carbocycles. The minimum Gasteiger partial charge on any atom is -0.444 e. The molecular weight excluding hydrogens is 252 g/mol. The lowest BCUT2D eigenvalue weighted by Gasteiger charge is -2.61. The summed E-state index contributed by atoms with van der Waals surface area (Å²) in [4.78, 5) is 12.2. The van der Waals surface area contributed by atoms with Gasteiger partial charge in [-0.2, -0.15) is 0 Å². The Labute approximate surface area is 121 Å². The summed E-state index contributed by atoms with van der Waals surface area (Å²) in [6.07, 6.45) is 6.05. The van der Waals surface area contributed by atoms with Crippen molar-refractivity contribution < 1.29 is 9.53 Å². The Morgan fingerprint density at radius 2 is 1.65 bits per heavy atom. The van der Waals surface area contributed by atoms with Crippen molar-refractivity contribution in [3.63, 3.8) is 0 Å². The molecule has 0 heterocycles. The number of carbonyl (C=O) groups excluding carboxylic acids is 1. The van der Waals surface area contributed by atoms with Crippen molar-refractivity contribution in [2.75, 3.05) is 6.54 Å². The second-order valence-electron chi connectivity index (χ2n) is 8.18. The molecular formula is C16H28N2O2. The number of alkyl carbamates (subject to hydrolysis) is 1. The number of hydrogen-bond acceptors (Lipinski definition) is 3. The molecule has 4 aliphatic rings. The first-order valence-electron chi connectivity index (χ1n) is 8.03. The highest BCUT2D eigenvalue weighted by Crippen LogP contribution is 2.57. The Bertz CT molecular complexity index is 372. The highest BCUT2D eigenvalue weighted by Gasteiger charge is 2.57. The van der Waals surface area contributed by atoms with Crippen LogP contribution >= 0.6 is 0 Å². The molecule has 0 aromatic carbocycles. The van der Waals surface area contributed by atoms with Crippen molar-refractivity contribution in [3.05, 3.63) is 0 Å². The van der Waals surface area contributed by atoms with Crippen LogP contribution in [0.15, 0.2) is 0 Å². The number of nitrogens with one attached hydrogen (secondary N) is 1. The molecule has 4 rings (SSSR count). The van der Waals surface area contributed by atoms with Crippen molar-refractivity contribution in [1.82, 2.24) is 5.32 Å². The lowest BCUT2D eigenvalue weighted by atomic mass is 9.48. The minimum absolute atomic E-state index is 0.213. The summed E-state index contributed by atoms with van der Waals surface area (Å²) in [5, 5.41) is 3.20. The summed E-state index contributed by atoms with van der Waals surface area (Å²) in [6.45, 7) is 6.25. The lowest BCUT2D eigenvalue weighted by molar-refractivity contribution is -0.0708. The van der Waals surface area contributed by atoms with Crippen molar-refractivity contribution >= 4 is 6.09 Å². The summed E-state index contributed by atoms with van der Waals surface area (Å²) < 4.78 is 5.47. The van der Waals surface area contributed by atoms with Crippen LogP contribution in [0.5, 0.6) is 0 Å². The number of amides is 1. The van der Waals surface area contributed by atoms with Crippen LogP contribution in [-0.4, -0.2) is 23.8 Å². The highest BCUT2D eigenvalue weighted by molar-refractivity contribution is 5.69. The third-order valence-electron chi connectivity index (χ3n) is 5.67. The number of rotatable bonds is 2. The molecule has 114 valence electrons. The smallest absolute Gasteiger partial charge is 0.408 e. The van der Waals surface area contributed by atoms with Gasteiger partial charge in [0, 0.05) is 6.54 Å². The minimum atomic E-state index is -0.453. The third-order valence-corrected chi connectivity index (χ3v) is 5.67. The first-order valence-corrected chi connectivity index (χ1v) is 8.03. The Hall–Kier alpha value is -0.770. The molecule has 0 aliphatic heterocycles. The molecule has 0 spiro atoms. The van der Waals surface area contributed by atoms with Gasteiger partial charge in [-0.3, -0.25) is 0 Å². The third kappa shape index (κ3) is 2.32. The summed E-state index contributed by atoms with van der Waals surface area (Å²) >= 11 is 0. The standard InChI is InChI=1S/C16H28N2O2/c1-15(2,3)20-14(19)18-16(9-17)12-5-10-4-11(7-12)8-13(16)6-10/h10-13H,4-9,17H2,1-3H3,(H,18,19). The van der Waals surface area contributed by atoms with E-state index in [0.717, 1.165) is 11.8 Å². The monoisotopic (exact) mass is 280 g/mol. The van der Waals surface area contributed by atoms with Crippen molar-refractivity contribution in [1.29, 1.82) is 0 Å². The molecule has 0 unspecified atom stereocenters. The Balaban J connectivity index is 1.76. The normalized spacial score (nSPS) is 42.6. The van der Waals surface area contributed by atoms with Gasteiger partial charge in [-0.15, -0.1) is 0 Å². The molecule has 0 atom stereocenters. The van der Waals surface area contributed by atoms with E-state index in [-0.39, 0.29) is 11.6 Å². The SMILES string of the molecule is CC(C)(C)OC(=O)NC1(CN)C2CC3CC(C2)CC1C3. The van der Waals surface area contributed by atoms with E-state index in [9.17, 15) is 4.79 Å². The van der Waals surface area contributed by atoms with E-state index in [4.69, 9.17) is 10.5 Å². The molecule has 4 heteroatoms. The first kappa shape index (κ1) is 14.2. The first-order chi connectivity index (χ1) is 9.32. The van der Waals surface area contributed by atoms with Gasteiger partial charge in [0.25, 0.3) is 0 Å². The number of ether oxygens (including phenoxy) is 1. The van der Waals surface area contributed by atoms with E-state index in [1.165, 1.54) is 32.1 Å². The van der Waals surface area contributed by atoms with Gasteiger partial charge in [-0.1, -0.05) is 0 Å². The molecule has 4 saturated carbocycles. The average Bonchev–Trinajstić information content (AvgIpc) is 2.30. The summed E-state index contributed by atoms with van der Waals surface area (Å²) in [7, 11) is 0. The maximum absolute atomic E-state index is 12.2. The zero-order chi connectivity index (χ0) is 14.5.